The fourth-order valence-electron chi connectivity index (χ4n) is 0.639. The predicted octanol–water partition coefficient (Wildman–Crippen LogP) is 0.310. The third kappa shape index (κ3) is 0.712. The molecule has 1 aromatic rings. The number of anilines is 1. The molecule has 1 aromatic heterocycles. The van der Waals surface area contributed by atoms with Crippen molar-refractivity contribution in [3.8, 4) is 0 Å². The van der Waals surface area contributed by atoms with Gasteiger partial charge in [0.15, 0.2) is 0 Å². The molecule has 8 heavy (non-hydrogen) atoms. The second-order valence-electron chi connectivity index (χ2n) is 1.85. The summed E-state index contributed by atoms with van der Waals surface area (Å²) < 4.78 is 1.40. The molecule has 2 radical (unpaired) electrons. The Morgan fingerprint density at radius 2 is 2.38 bits per heavy atom. The van der Waals surface area contributed by atoms with Crippen LogP contribution in [0.25, 0.3) is 0 Å². The third-order valence-corrected chi connectivity index (χ3v) is 1.02. The van der Waals surface area contributed by atoms with Crippen molar-refractivity contribution in [2.24, 2.45) is 0 Å². The maximum absolute atomic E-state index is 5.38. The van der Waals surface area contributed by atoms with E-state index in [1.165, 1.54) is 4.48 Å². The first-order chi connectivity index (χ1) is 3.70. The van der Waals surface area contributed by atoms with Gasteiger partial charge in [-0.1, -0.05) is 0 Å². The van der Waals surface area contributed by atoms with Crippen LogP contribution in [0.15, 0.2) is 12.3 Å². The number of aryl methyl sites for hydroxylation is 1. The molecule has 1 rings (SSSR count). The molecule has 0 amide bonds. The van der Waals surface area contributed by atoms with Crippen molar-refractivity contribution < 1.29 is 0 Å². The Bertz CT molecular complexity index is 173. The molecule has 0 spiro atoms. The van der Waals surface area contributed by atoms with E-state index in [0.717, 1.165) is 5.56 Å². The van der Waals surface area contributed by atoms with Gasteiger partial charge in [-0.3, -0.25) is 0 Å². The van der Waals surface area contributed by atoms with E-state index < -0.39 is 0 Å². The van der Waals surface area contributed by atoms with E-state index in [0.29, 0.717) is 5.82 Å². The van der Waals surface area contributed by atoms with Gasteiger partial charge in [-0.2, -0.15) is 0 Å². The smallest absolute Gasteiger partial charge is 0.235 e. The average molecular weight is 106 g/mol. The molecule has 0 aliphatic rings. The summed E-state index contributed by atoms with van der Waals surface area (Å²) in [6.45, 7) is 1.94. The maximum atomic E-state index is 5.38. The number of hydrogen-bond donors (Lipinski definition) is 1. The first kappa shape index (κ1) is 5.28. The van der Waals surface area contributed by atoms with Gasteiger partial charge in [0.1, 0.15) is 0 Å². The zero-order valence-corrected chi connectivity index (χ0v) is 4.76. The summed E-state index contributed by atoms with van der Waals surface area (Å²) in [5.74, 6) is 0.600. The van der Waals surface area contributed by atoms with E-state index in [-0.39, 0.29) is 0 Å². The molecule has 0 aromatic carbocycles. The predicted molar refractivity (Wildman–Crippen MR) is 34.7 cm³/mol. The average Bonchev–Trinajstić information content (AvgIpc) is 1.85. The molecule has 3 heteroatoms. The number of nitrogens with two attached hydrogens (primary N) is 1. The van der Waals surface area contributed by atoms with Crippen LogP contribution in [0.3, 0.4) is 0 Å². The van der Waals surface area contributed by atoms with Crippen LogP contribution in [0, 0.1) is 6.92 Å². The Hall–Kier alpha value is -0.855. The molecule has 2 N–H and O–H groups in total. The van der Waals surface area contributed by atoms with Crippen molar-refractivity contribution in [2.75, 3.05) is 5.73 Å². The summed E-state index contributed by atoms with van der Waals surface area (Å²) >= 11 is 0. The maximum Gasteiger partial charge on any atom is 0.235 e. The molecule has 0 unspecified atom stereocenters. The van der Waals surface area contributed by atoms with E-state index in [1.54, 1.807) is 6.20 Å². The van der Waals surface area contributed by atoms with E-state index in [9.17, 15) is 0 Å². The van der Waals surface area contributed by atoms with Gasteiger partial charge >= 0.3 is 0 Å². The molecular formula is C5H7BN2. The van der Waals surface area contributed by atoms with Crippen LogP contribution in [0.2, 0.25) is 0 Å². The summed E-state index contributed by atoms with van der Waals surface area (Å²) in [7, 11) is 5.33. The van der Waals surface area contributed by atoms with Gasteiger partial charge in [-0.25, -0.2) is 0 Å². The van der Waals surface area contributed by atoms with Crippen molar-refractivity contribution in [3.05, 3.63) is 17.8 Å². The number of nitrogens with zero attached hydrogens (tertiary/aromatic N) is 1. The summed E-state index contributed by atoms with van der Waals surface area (Å²) in [5.41, 5.74) is 6.47. The zero-order valence-electron chi connectivity index (χ0n) is 4.76. The molecule has 0 aliphatic carbocycles. The summed E-state index contributed by atoms with van der Waals surface area (Å²) in [4.78, 5) is 0. The van der Waals surface area contributed by atoms with Crippen molar-refractivity contribution in [1.82, 2.24) is 4.48 Å². The monoisotopic (exact) mass is 106 g/mol. The van der Waals surface area contributed by atoms with Crippen molar-refractivity contribution in [2.45, 2.75) is 6.92 Å². The number of nitrogen functional groups attached to an aromatic ring is 1. The fourth-order valence-corrected chi connectivity index (χ4v) is 0.639. The Labute approximate surface area is 49.7 Å². The van der Waals surface area contributed by atoms with Gasteiger partial charge < -0.3 is 10.2 Å². The molecule has 2 nitrogen and oxygen atoms in total. The van der Waals surface area contributed by atoms with Gasteiger partial charge in [0, 0.05) is 0 Å². The van der Waals surface area contributed by atoms with Crippen molar-refractivity contribution in [3.63, 3.8) is 0 Å². The quantitative estimate of drug-likeness (QED) is 0.474. The third-order valence-electron chi connectivity index (χ3n) is 1.02. The lowest BCUT2D eigenvalue weighted by Gasteiger charge is -1.90. The van der Waals surface area contributed by atoms with Crippen LogP contribution in [-0.4, -0.2) is 12.5 Å². The lowest BCUT2D eigenvalue weighted by molar-refractivity contribution is 1.26. The minimum Gasteiger partial charge on any atom is -0.391 e. The minimum absolute atomic E-state index is 0.600. The van der Waals surface area contributed by atoms with Crippen molar-refractivity contribution >= 4 is 13.8 Å². The molecule has 1 heterocycles. The standard InChI is InChI=1S/C5H7BN2/c1-4-2-5(7)8(6)3-4/h2-3H,7H2,1H3. The van der Waals surface area contributed by atoms with Crippen LogP contribution in [0.4, 0.5) is 5.82 Å². The molecule has 0 atom stereocenters. The van der Waals surface area contributed by atoms with E-state index >= 15 is 0 Å². The first-order valence-electron chi connectivity index (χ1n) is 2.39. The van der Waals surface area contributed by atoms with E-state index in [4.69, 9.17) is 13.7 Å². The van der Waals surface area contributed by atoms with Gasteiger partial charge in [0.05, 0.1) is 5.82 Å². The fraction of sp³-hybridized carbons (Fsp3) is 0.200. The highest BCUT2D eigenvalue weighted by Gasteiger charge is 1.90. The molecule has 0 bridgehead atoms. The van der Waals surface area contributed by atoms with Gasteiger partial charge in [0.2, 0.25) is 7.98 Å². The number of hydrogen-bond acceptors (Lipinski definition) is 1. The van der Waals surface area contributed by atoms with E-state index in [2.05, 4.69) is 0 Å². The normalized spacial score (nSPS) is 9.62. The highest BCUT2D eigenvalue weighted by atomic mass is 14.9. The zero-order chi connectivity index (χ0) is 6.15. The summed E-state index contributed by atoms with van der Waals surface area (Å²) in [6, 6.07) is 1.82. The SMILES string of the molecule is [B]n1cc(C)cc1N. The lowest BCUT2D eigenvalue weighted by Crippen LogP contribution is -1.95. The van der Waals surface area contributed by atoms with Crippen LogP contribution in [0.1, 0.15) is 5.56 Å². The van der Waals surface area contributed by atoms with Gasteiger partial charge in [-0.15, -0.1) is 0 Å². The topological polar surface area (TPSA) is 30.9 Å². The highest BCUT2D eigenvalue weighted by molar-refractivity contribution is 6.08. The Morgan fingerprint density at radius 3 is 2.50 bits per heavy atom. The van der Waals surface area contributed by atoms with Gasteiger partial charge in [-0.05, 0) is 24.8 Å². The van der Waals surface area contributed by atoms with Crippen LogP contribution in [0.5, 0.6) is 0 Å². The molecule has 0 saturated carbocycles. The minimum atomic E-state index is 0.600. The molecule has 0 fully saturated rings. The van der Waals surface area contributed by atoms with E-state index in [1.807, 2.05) is 13.0 Å². The van der Waals surface area contributed by atoms with Crippen LogP contribution in [-0.2, 0) is 0 Å². The summed E-state index contributed by atoms with van der Waals surface area (Å²) in [5, 5.41) is 0. The summed E-state index contributed by atoms with van der Waals surface area (Å²) in [6.07, 6.45) is 1.77. The van der Waals surface area contributed by atoms with Crippen LogP contribution < -0.4 is 5.73 Å². The Morgan fingerprint density at radius 1 is 1.75 bits per heavy atom. The molecule has 0 saturated heterocycles. The number of rotatable bonds is 0. The largest absolute Gasteiger partial charge is 0.391 e. The highest BCUT2D eigenvalue weighted by Crippen LogP contribution is 2.04. The second kappa shape index (κ2) is 1.58. The van der Waals surface area contributed by atoms with Gasteiger partial charge in [0.25, 0.3) is 0 Å². The molecule has 0 aliphatic heterocycles. The first-order valence-corrected chi connectivity index (χ1v) is 2.39. The Kier molecular flexibility index (Phi) is 1.04. The second-order valence-corrected chi connectivity index (χ2v) is 1.85. The number of aromatic nitrogens is 1. The van der Waals surface area contributed by atoms with Crippen molar-refractivity contribution in [1.29, 1.82) is 0 Å². The Balaban J connectivity index is 3.14. The lowest BCUT2D eigenvalue weighted by atomic mass is 10.4. The van der Waals surface area contributed by atoms with Crippen LogP contribution >= 0.6 is 0 Å². The molecule has 40 valence electrons. The molecular weight excluding hydrogens is 98.9 g/mol.